The third-order valence-corrected chi connectivity index (χ3v) is 5.21. The van der Waals surface area contributed by atoms with E-state index in [1.54, 1.807) is 29.5 Å². The Morgan fingerprint density at radius 3 is 2.53 bits per heavy atom. The van der Waals surface area contributed by atoms with Crippen LogP contribution in [-0.2, 0) is 11.4 Å². The van der Waals surface area contributed by atoms with Crippen LogP contribution in [0.2, 0.25) is 5.02 Å². The molecule has 2 aromatic carbocycles. The number of carbonyl (C=O) groups is 1. The van der Waals surface area contributed by atoms with Gasteiger partial charge in [0.25, 0.3) is 0 Å². The van der Waals surface area contributed by atoms with E-state index < -0.39 is 0 Å². The molecule has 8 heteroatoms. The van der Waals surface area contributed by atoms with Gasteiger partial charge in [-0.25, -0.2) is 4.98 Å². The molecule has 30 heavy (non-hydrogen) atoms. The number of ether oxygens (including phenoxy) is 3. The lowest BCUT2D eigenvalue weighted by Gasteiger charge is -2.12. The van der Waals surface area contributed by atoms with Crippen molar-refractivity contribution in [3.05, 3.63) is 69.1 Å². The molecule has 0 saturated heterocycles. The number of aromatic nitrogens is 1. The number of nitrogens with one attached hydrogen (secondary N) is 1. The average Bonchev–Trinajstić information content (AvgIpc) is 3.17. The largest absolute Gasteiger partial charge is 0.495 e. The molecule has 0 spiro atoms. The molecule has 156 valence electrons. The summed E-state index contributed by atoms with van der Waals surface area (Å²) in [7, 11) is 3.01. The molecule has 0 aliphatic heterocycles. The first kappa shape index (κ1) is 21.7. The SMILES string of the molecule is COc1cc(NC(=O)/C=C/c2ccc(OCc3csc(C)n3)cc2)c(OC)cc1Cl. The second-order valence-corrected chi connectivity index (χ2v) is 7.69. The fraction of sp³-hybridized carbons (Fsp3) is 0.182. The van der Waals surface area contributed by atoms with E-state index >= 15 is 0 Å². The molecule has 0 saturated carbocycles. The lowest BCUT2D eigenvalue weighted by Crippen LogP contribution is -2.09. The summed E-state index contributed by atoms with van der Waals surface area (Å²) in [6.45, 7) is 2.39. The van der Waals surface area contributed by atoms with Crippen molar-refractivity contribution < 1.29 is 19.0 Å². The zero-order chi connectivity index (χ0) is 21.5. The fourth-order valence-corrected chi connectivity index (χ4v) is 3.44. The summed E-state index contributed by atoms with van der Waals surface area (Å²) in [6.07, 6.45) is 3.15. The molecular weight excluding hydrogens is 424 g/mol. The monoisotopic (exact) mass is 444 g/mol. The molecule has 0 radical (unpaired) electrons. The second kappa shape index (κ2) is 10.1. The van der Waals surface area contributed by atoms with Gasteiger partial charge in [-0.2, -0.15) is 0 Å². The van der Waals surface area contributed by atoms with Crippen molar-refractivity contribution in [2.24, 2.45) is 0 Å². The van der Waals surface area contributed by atoms with E-state index in [4.69, 9.17) is 25.8 Å². The Labute approximate surface area is 184 Å². The highest BCUT2D eigenvalue weighted by Gasteiger charge is 2.11. The van der Waals surface area contributed by atoms with Crippen LogP contribution >= 0.6 is 22.9 Å². The molecule has 0 atom stereocenters. The Bertz CT molecular complexity index is 1050. The van der Waals surface area contributed by atoms with Gasteiger partial charge in [-0.3, -0.25) is 4.79 Å². The van der Waals surface area contributed by atoms with Gasteiger partial charge in [-0.15, -0.1) is 11.3 Å². The third kappa shape index (κ3) is 5.75. The molecule has 3 aromatic rings. The van der Waals surface area contributed by atoms with Crippen molar-refractivity contribution in [1.29, 1.82) is 0 Å². The molecule has 1 heterocycles. The molecule has 0 bridgehead atoms. The zero-order valence-corrected chi connectivity index (χ0v) is 18.3. The molecule has 1 N–H and O–H groups in total. The quantitative estimate of drug-likeness (QED) is 0.474. The number of anilines is 1. The van der Waals surface area contributed by atoms with E-state index in [1.807, 2.05) is 36.6 Å². The number of nitrogens with zero attached hydrogens (tertiary/aromatic N) is 1. The van der Waals surface area contributed by atoms with E-state index in [9.17, 15) is 4.79 Å². The van der Waals surface area contributed by atoms with Crippen molar-refractivity contribution in [3.63, 3.8) is 0 Å². The molecule has 1 aromatic heterocycles. The highest BCUT2D eigenvalue weighted by atomic mass is 35.5. The van der Waals surface area contributed by atoms with Crippen LogP contribution in [0.3, 0.4) is 0 Å². The number of hydrogen-bond donors (Lipinski definition) is 1. The molecule has 0 fully saturated rings. The highest BCUT2D eigenvalue weighted by Crippen LogP contribution is 2.35. The van der Waals surface area contributed by atoms with E-state index in [0.717, 1.165) is 22.0 Å². The van der Waals surface area contributed by atoms with E-state index in [-0.39, 0.29) is 5.91 Å². The second-order valence-electron chi connectivity index (χ2n) is 6.23. The minimum absolute atomic E-state index is 0.308. The summed E-state index contributed by atoms with van der Waals surface area (Å²) >= 11 is 7.68. The van der Waals surface area contributed by atoms with Crippen molar-refractivity contribution in [2.45, 2.75) is 13.5 Å². The maximum absolute atomic E-state index is 12.3. The number of hydrogen-bond acceptors (Lipinski definition) is 6. The van der Waals surface area contributed by atoms with Crippen LogP contribution in [0.4, 0.5) is 5.69 Å². The third-order valence-electron chi connectivity index (χ3n) is 4.09. The maximum Gasteiger partial charge on any atom is 0.248 e. The predicted octanol–water partition coefficient (Wildman–Crippen LogP) is 5.35. The molecule has 1 amide bonds. The first-order chi connectivity index (χ1) is 14.5. The Hall–Kier alpha value is -3.03. The number of methoxy groups -OCH3 is 2. The molecular formula is C22H21ClN2O4S. The molecule has 0 aliphatic carbocycles. The fourth-order valence-electron chi connectivity index (χ4n) is 2.61. The van der Waals surface area contributed by atoms with Gasteiger partial charge in [0.15, 0.2) is 0 Å². The van der Waals surface area contributed by atoms with Crippen molar-refractivity contribution in [2.75, 3.05) is 19.5 Å². The molecule has 0 aliphatic rings. The Kier molecular flexibility index (Phi) is 7.32. The summed E-state index contributed by atoms with van der Waals surface area (Å²) < 4.78 is 16.2. The van der Waals surface area contributed by atoms with Gasteiger partial charge in [0, 0.05) is 23.6 Å². The highest BCUT2D eigenvalue weighted by molar-refractivity contribution is 7.09. The lowest BCUT2D eigenvalue weighted by molar-refractivity contribution is -0.111. The van der Waals surface area contributed by atoms with Crippen LogP contribution < -0.4 is 19.5 Å². The Morgan fingerprint density at radius 2 is 1.90 bits per heavy atom. The van der Waals surface area contributed by atoms with E-state index in [0.29, 0.717) is 28.8 Å². The topological polar surface area (TPSA) is 69.7 Å². The van der Waals surface area contributed by atoms with Gasteiger partial charge in [0.1, 0.15) is 23.9 Å². The van der Waals surface area contributed by atoms with Gasteiger partial charge in [-0.1, -0.05) is 23.7 Å². The summed E-state index contributed by atoms with van der Waals surface area (Å²) in [5.74, 6) is 1.32. The van der Waals surface area contributed by atoms with E-state index in [1.165, 1.54) is 20.3 Å². The first-order valence-corrected chi connectivity index (χ1v) is 10.3. The number of amides is 1. The summed E-state index contributed by atoms with van der Waals surface area (Å²) in [6, 6.07) is 10.6. The summed E-state index contributed by atoms with van der Waals surface area (Å²) in [5.41, 5.74) is 2.24. The smallest absolute Gasteiger partial charge is 0.248 e. The van der Waals surface area contributed by atoms with Crippen LogP contribution in [0.25, 0.3) is 6.08 Å². The minimum Gasteiger partial charge on any atom is -0.495 e. The van der Waals surface area contributed by atoms with Crippen LogP contribution in [0.1, 0.15) is 16.3 Å². The van der Waals surface area contributed by atoms with Gasteiger partial charge >= 0.3 is 0 Å². The van der Waals surface area contributed by atoms with Gasteiger partial charge in [0.2, 0.25) is 5.91 Å². The summed E-state index contributed by atoms with van der Waals surface area (Å²) in [5, 5.41) is 6.16. The predicted molar refractivity (Wildman–Crippen MR) is 120 cm³/mol. The molecule has 0 unspecified atom stereocenters. The minimum atomic E-state index is -0.308. The number of rotatable bonds is 8. The number of carbonyl (C=O) groups excluding carboxylic acids is 1. The molecule has 3 rings (SSSR count). The zero-order valence-electron chi connectivity index (χ0n) is 16.8. The van der Waals surface area contributed by atoms with Crippen molar-refractivity contribution in [1.82, 2.24) is 4.98 Å². The van der Waals surface area contributed by atoms with Crippen molar-refractivity contribution >= 4 is 40.6 Å². The van der Waals surface area contributed by atoms with Crippen LogP contribution in [0.15, 0.2) is 47.9 Å². The lowest BCUT2D eigenvalue weighted by atomic mass is 10.2. The van der Waals surface area contributed by atoms with Crippen LogP contribution in [-0.4, -0.2) is 25.1 Å². The first-order valence-electron chi connectivity index (χ1n) is 9.03. The normalized spacial score (nSPS) is 10.8. The van der Waals surface area contributed by atoms with Gasteiger partial charge in [0.05, 0.1) is 35.6 Å². The number of thiazole rings is 1. The molecule has 6 nitrogen and oxygen atoms in total. The van der Waals surface area contributed by atoms with E-state index in [2.05, 4.69) is 10.3 Å². The van der Waals surface area contributed by atoms with Gasteiger partial charge in [-0.05, 0) is 30.7 Å². The van der Waals surface area contributed by atoms with Crippen LogP contribution in [0, 0.1) is 6.92 Å². The van der Waals surface area contributed by atoms with Crippen molar-refractivity contribution in [3.8, 4) is 17.2 Å². The Morgan fingerprint density at radius 1 is 1.17 bits per heavy atom. The number of benzene rings is 2. The van der Waals surface area contributed by atoms with Crippen LogP contribution in [0.5, 0.6) is 17.2 Å². The standard InChI is InChI=1S/C22H21ClN2O4S/c1-14-24-16(13-30-14)12-29-17-7-4-15(5-8-17)6-9-22(26)25-19-11-20(27-2)18(23)10-21(19)28-3/h4-11,13H,12H2,1-3H3,(H,25,26)/b9-6+. The maximum atomic E-state index is 12.3. The van der Waals surface area contributed by atoms with Gasteiger partial charge < -0.3 is 19.5 Å². The number of halogens is 1. The number of aryl methyl sites for hydroxylation is 1. The summed E-state index contributed by atoms with van der Waals surface area (Å²) in [4.78, 5) is 16.7. The average molecular weight is 445 g/mol. The Balaban J connectivity index is 1.59.